The fourth-order valence-corrected chi connectivity index (χ4v) is 2.38. The molecular formula is C15H14ClF3N4O. The van der Waals surface area contributed by atoms with Gasteiger partial charge in [0.2, 0.25) is 0 Å². The minimum absolute atomic E-state index is 0.0609. The fourth-order valence-electron chi connectivity index (χ4n) is 2.21. The van der Waals surface area contributed by atoms with E-state index in [9.17, 15) is 18.0 Å². The number of carbonyl (C=O) groups excluding carboxylic acids is 1. The van der Waals surface area contributed by atoms with E-state index in [2.05, 4.69) is 10.6 Å². The van der Waals surface area contributed by atoms with Crippen LogP contribution in [0.25, 0.3) is 0 Å². The first-order valence-corrected chi connectivity index (χ1v) is 7.44. The highest BCUT2D eigenvalue weighted by atomic mass is 35.5. The van der Waals surface area contributed by atoms with Crippen molar-refractivity contribution in [3.8, 4) is 6.07 Å². The highest BCUT2D eigenvalue weighted by Gasteiger charge is 2.33. The van der Waals surface area contributed by atoms with Crippen LogP contribution in [0.1, 0.15) is 5.56 Å². The van der Waals surface area contributed by atoms with E-state index in [1.807, 2.05) is 0 Å². The second kappa shape index (κ2) is 7.55. The predicted molar refractivity (Wildman–Crippen MR) is 83.2 cm³/mol. The number of nitriles is 1. The topological polar surface area (TPSA) is 68.2 Å². The van der Waals surface area contributed by atoms with E-state index in [0.29, 0.717) is 26.2 Å². The van der Waals surface area contributed by atoms with Crippen LogP contribution in [0.3, 0.4) is 0 Å². The number of rotatable bonds is 3. The summed E-state index contributed by atoms with van der Waals surface area (Å²) < 4.78 is 39.1. The molecule has 0 aromatic heterocycles. The molecule has 0 unspecified atom stereocenters. The lowest BCUT2D eigenvalue weighted by Gasteiger charge is -2.27. The number of hydrogen-bond acceptors (Lipinski definition) is 4. The zero-order valence-corrected chi connectivity index (χ0v) is 13.2. The maximum absolute atomic E-state index is 13.0. The van der Waals surface area contributed by atoms with Crippen LogP contribution in [0, 0.1) is 11.3 Å². The van der Waals surface area contributed by atoms with Crippen molar-refractivity contribution >= 4 is 23.2 Å². The number of piperazine rings is 1. The third-order valence-corrected chi connectivity index (χ3v) is 3.65. The molecule has 5 nitrogen and oxygen atoms in total. The van der Waals surface area contributed by atoms with Crippen molar-refractivity contribution < 1.29 is 18.0 Å². The van der Waals surface area contributed by atoms with E-state index in [-0.39, 0.29) is 16.3 Å². The van der Waals surface area contributed by atoms with Crippen LogP contribution < -0.4 is 10.6 Å². The first-order valence-electron chi connectivity index (χ1n) is 7.06. The zero-order valence-electron chi connectivity index (χ0n) is 12.5. The van der Waals surface area contributed by atoms with Crippen molar-refractivity contribution in [2.75, 3.05) is 31.5 Å². The molecule has 1 fully saturated rings. The van der Waals surface area contributed by atoms with Gasteiger partial charge in [-0.2, -0.15) is 18.4 Å². The lowest BCUT2D eigenvalue weighted by molar-refractivity contribution is -0.137. The zero-order chi connectivity index (χ0) is 17.7. The second-order valence-electron chi connectivity index (χ2n) is 5.04. The summed E-state index contributed by atoms with van der Waals surface area (Å²) in [5, 5.41) is 14.5. The average Bonchev–Trinajstić information content (AvgIpc) is 2.56. The van der Waals surface area contributed by atoms with Crippen molar-refractivity contribution in [2.45, 2.75) is 6.18 Å². The lowest BCUT2D eigenvalue weighted by Crippen LogP contribution is -2.46. The van der Waals surface area contributed by atoms with Gasteiger partial charge in [-0.3, -0.25) is 4.79 Å². The van der Waals surface area contributed by atoms with Crippen LogP contribution >= 0.6 is 11.6 Å². The monoisotopic (exact) mass is 358 g/mol. The quantitative estimate of drug-likeness (QED) is 0.644. The number of nitrogens with zero attached hydrogens (tertiary/aromatic N) is 2. The summed E-state index contributed by atoms with van der Waals surface area (Å²) in [5.41, 5.74) is -1.52. The van der Waals surface area contributed by atoms with E-state index in [1.54, 1.807) is 6.07 Å². The van der Waals surface area contributed by atoms with Crippen molar-refractivity contribution in [2.24, 2.45) is 0 Å². The summed E-state index contributed by atoms with van der Waals surface area (Å²) in [4.78, 5) is 13.7. The average molecular weight is 359 g/mol. The molecule has 1 amide bonds. The highest BCUT2D eigenvalue weighted by molar-refractivity contribution is 6.30. The molecule has 0 aliphatic carbocycles. The lowest BCUT2D eigenvalue weighted by atomic mass is 10.1. The van der Waals surface area contributed by atoms with E-state index in [1.165, 1.54) is 11.0 Å². The molecule has 1 saturated heterocycles. The van der Waals surface area contributed by atoms with E-state index in [0.717, 1.165) is 18.3 Å². The van der Waals surface area contributed by atoms with Gasteiger partial charge in [0.15, 0.2) is 0 Å². The maximum Gasteiger partial charge on any atom is 0.418 e. The third kappa shape index (κ3) is 4.40. The standard InChI is InChI=1S/C15H14ClF3N4O/c16-11-1-2-13(12(7-11)15(17,18)19)22-9-10(8-20)14(24)23-5-3-21-4-6-23/h1-2,7,9,21-22H,3-6H2/b10-9-. The first-order chi connectivity index (χ1) is 11.3. The van der Waals surface area contributed by atoms with Crippen molar-refractivity contribution in [3.05, 3.63) is 40.6 Å². The summed E-state index contributed by atoms with van der Waals surface area (Å²) in [6, 6.07) is 4.93. The van der Waals surface area contributed by atoms with Crippen LogP contribution in [0.2, 0.25) is 5.02 Å². The summed E-state index contributed by atoms with van der Waals surface area (Å²) >= 11 is 5.60. The van der Waals surface area contributed by atoms with Gasteiger partial charge in [0, 0.05) is 37.4 Å². The first kappa shape index (κ1) is 18.1. The number of anilines is 1. The molecular weight excluding hydrogens is 345 g/mol. The van der Waals surface area contributed by atoms with Gasteiger partial charge >= 0.3 is 6.18 Å². The van der Waals surface area contributed by atoms with Gasteiger partial charge < -0.3 is 15.5 Å². The second-order valence-corrected chi connectivity index (χ2v) is 5.48. The summed E-state index contributed by atoms with van der Waals surface area (Å²) in [7, 11) is 0. The smallest absolute Gasteiger partial charge is 0.360 e. The van der Waals surface area contributed by atoms with Gasteiger partial charge in [0.05, 0.1) is 11.3 Å². The normalized spacial score (nSPS) is 15.8. The number of benzene rings is 1. The maximum atomic E-state index is 13.0. The van der Waals surface area contributed by atoms with Crippen LogP contribution in [0.4, 0.5) is 18.9 Å². The molecule has 0 bridgehead atoms. The number of nitrogens with one attached hydrogen (secondary N) is 2. The molecule has 1 aromatic carbocycles. The van der Waals surface area contributed by atoms with Gasteiger partial charge in [-0.25, -0.2) is 0 Å². The van der Waals surface area contributed by atoms with E-state index in [4.69, 9.17) is 16.9 Å². The molecule has 24 heavy (non-hydrogen) atoms. The Balaban J connectivity index is 2.22. The molecule has 0 radical (unpaired) electrons. The molecule has 1 aliphatic heterocycles. The molecule has 0 spiro atoms. The van der Waals surface area contributed by atoms with Crippen LogP contribution in [-0.4, -0.2) is 37.0 Å². The van der Waals surface area contributed by atoms with Gasteiger partial charge in [-0.1, -0.05) is 11.6 Å². The molecule has 9 heteroatoms. The number of amides is 1. The molecule has 1 heterocycles. The molecule has 128 valence electrons. The van der Waals surface area contributed by atoms with E-state index >= 15 is 0 Å². The minimum Gasteiger partial charge on any atom is -0.360 e. The largest absolute Gasteiger partial charge is 0.418 e. The Kier molecular flexibility index (Phi) is 5.70. The molecule has 0 atom stereocenters. The Morgan fingerprint density at radius 1 is 1.38 bits per heavy atom. The minimum atomic E-state index is -4.61. The van der Waals surface area contributed by atoms with Crippen LogP contribution in [0.15, 0.2) is 30.0 Å². The number of carbonyl (C=O) groups is 1. The summed E-state index contributed by atoms with van der Waals surface area (Å²) in [6.07, 6.45) is -3.63. The van der Waals surface area contributed by atoms with Gasteiger partial charge in [0.25, 0.3) is 5.91 Å². The molecule has 0 saturated carbocycles. The third-order valence-electron chi connectivity index (χ3n) is 3.41. The molecule has 1 aliphatic rings. The van der Waals surface area contributed by atoms with Crippen molar-refractivity contribution in [3.63, 3.8) is 0 Å². The predicted octanol–water partition coefficient (Wildman–Crippen LogP) is 2.61. The van der Waals surface area contributed by atoms with Gasteiger partial charge in [-0.15, -0.1) is 0 Å². The van der Waals surface area contributed by atoms with Crippen LogP contribution in [0.5, 0.6) is 0 Å². The molecule has 2 rings (SSSR count). The summed E-state index contributed by atoms with van der Waals surface area (Å²) in [6.45, 7) is 2.08. The molecule has 2 N–H and O–H groups in total. The Morgan fingerprint density at radius 2 is 2.04 bits per heavy atom. The summed E-state index contributed by atoms with van der Waals surface area (Å²) in [5.74, 6) is -0.519. The Hall–Kier alpha value is -2.24. The fraction of sp³-hybridized carbons (Fsp3) is 0.333. The van der Waals surface area contributed by atoms with Crippen molar-refractivity contribution in [1.29, 1.82) is 5.26 Å². The Bertz CT molecular complexity index is 691. The number of hydrogen-bond donors (Lipinski definition) is 2. The van der Waals surface area contributed by atoms with Crippen LogP contribution in [-0.2, 0) is 11.0 Å². The SMILES string of the molecule is N#C/C(=C/Nc1ccc(Cl)cc1C(F)(F)F)C(=O)N1CCNCC1. The number of alkyl halides is 3. The van der Waals surface area contributed by atoms with Gasteiger partial charge in [0.1, 0.15) is 11.6 Å². The van der Waals surface area contributed by atoms with E-state index < -0.39 is 17.6 Å². The van der Waals surface area contributed by atoms with Gasteiger partial charge in [-0.05, 0) is 18.2 Å². The highest BCUT2D eigenvalue weighted by Crippen LogP contribution is 2.36. The Labute approximate surface area is 141 Å². The van der Waals surface area contributed by atoms with Crippen molar-refractivity contribution in [1.82, 2.24) is 10.2 Å². The number of halogens is 4. The molecule has 1 aromatic rings. The Morgan fingerprint density at radius 3 is 2.62 bits per heavy atom.